The van der Waals surface area contributed by atoms with Crippen LogP contribution in [0.2, 0.25) is 0 Å². The highest BCUT2D eigenvalue weighted by molar-refractivity contribution is 5.76. The van der Waals surface area contributed by atoms with E-state index in [1.807, 2.05) is 18.9 Å². The lowest BCUT2D eigenvalue weighted by Gasteiger charge is -2.25. The van der Waals surface area contributed by atoms with E-state index in [4.69, 9.17) is 5.73 Å². The number of hydrogen-bond acceptors (Lipinski definition) is 2. The first-order valence-electron chi connectivity index (χ1n) is 5.12. The maximum absolute atomic E-state index is 11.6. The highest BCUT2D eigenvalue weighted by Crippen LogP contribution is 2.22. The topological polar surface area (TPSA) is 46.3 Å². The normalized spacial score (nSPS) is 20.2. The van der Waals surface area contributed by atoms with Gasteiger partial charge in [0, 0.05) is 25.6 Å². The number of nitrogens with zero attached hydrogens (tertiary/aromatic N) is 1. The minimum absolute atomic E-state index is 0.0173. The van der Waals surface area contributed by atoms with Gasteiger partial charge in [0.2, 0.25) is 5.91 Å². The number of carbonyl (C=O) groups is 1. The van der Waals surface area contributed by atoms with Gasteiger partial charge in [0.05, 0.1) is 0 Å². The molecule has 0 heterocycles. The van der Waals surface area contributed by atoms with Crippen LogP contribution in [0.25, 0.3) is 0 Å². The second-order valence-corrected chi connectivity index (χ2v) is 4.12. The molecule has 76 valence electrons. The molecule has 1 atom stereocenters. The van der Waals surface area contributed by atoms with Gasteiger partial charge in [-0.3, -0.25) is 4.79 Å². The minimum Gasteiger partial charge on any atom is -0.343 e. The molecule has 1 aliphatic carbocycles. The Bertz CT molecular complexity index is 174. The quantitative estimate of drug-likeness (QED) is 0.714. The van der Waals surface area contributed by atoms with E-state index >= 15 is 0 Å². The Morgan fingerprint density at radius 3 is 2.54 bits per heavy atom. The molecule has 1 unspecified atom stereocenters. The molecule has 3 heteroatoms. The summed E-state index contributed by atoms with van der Waals surface area (Å²) in [6.07, 6.45) is 5.34. The molecule has 0 aromatic heterocycles. The van der Waals surface area contributed by atoms with Gasteiger partial charge < -0.3 is 10.6 Å². The van der Waals surface area contributed by atoms with Gasteiger partial charge in [-0.2, -0.15) is 0 Å². The van der Waals surface area contributed by atoms with Crippen molar-refractivity contribution in [2.75, 3.05) is 7.05 Å². The molecule has 1 fully saturated rings. The van der Waals surface area contributed by atoms with Gasteiger partial charge in [0.15, 0.2) is 0 Å². The molecule has 0 aromatic carbocycles. The molecule has 0 aliphatic heterocycles. The number of nitrogens with two attached hydrogens (primary N) is 1. The number of rotatable bonds is 3. The summed E-state index contributed by atoms with van der Waals surface area (Å²) < 4.78 is 0. The molecule has 0 bridgehead atoms. The summed E-state index contributed by atoms with van der Waals surface area (Å²) in [5, 5.41) is 0. The van der Waals surface area contributed by atoms with Crippen LogP contribution in [0.3, 0.4) is 0 Å². The fourth-order valence-corrected chi connectivity index (χ4v) is 1.91. The highest BCUT2D eigenvalue weighted by atomic mass is 16.2. The first-order chi connectivity index (χ1) is 6.11. The first-order valence-corrected chi connectivity index (χ1v) is 5.12. The third-order valence-corrected chi connectivity index (χ3v) is 2.76. The molecule has 3 nitrogen and oxygen atoms in total. The van der Waals surface area contributed by atoms with Crippen LogP contribution in [-0.4, -0.2) is 29.9 Å². The molecule has 1 rings (SSSR count). The van der Waals surface area contributed by atoms with E-state index in [1.54, 1.807) is 0 Å². The molecule has 0 aromatic rings. The van der Waals surface area contributed by atoms with Gasteiger partial charge in [-0.05, 0) is 19.8 Å². The van der Waals surface area contributed by atoms with Gasteiger partial charge in [0.25, 0.3) is 0 Å². The Morgan fingerprint density at radius 2 is 2.08 bits per heavy atom. The van der Waals surface area contributed by atoms with Crippen molar-refractivity contribution in [1.29, 1.82) is 0 Å². The average Bonchev–Trinajstić information content (AvgIpc) is 2.53. The second-order valence-electron chi connectivity index (χ2n) is 4.12. The van der Waals surface area contributed by atoms with Crippen LogP contribution >= 0.6 is 0 Å². The molecular weight excluding hydrogens is 164 g/mol. The van der Waals surface area contributed by atoms with E-state index in [0.29, 0.717) is 12.5 Å². The second kappa shape index (κ2) is 4.61. The van der Waals surface area contributed by atoms with E-state index in [1.165, 1.54) is 25.7 Å². The summed E-state index contributed by atoms with van der Waals surface area (Å²) >= 11 is 0. The predicted molar refractivity (Wildman–Crippen MR) is 53.3 cm³/mol. The smallest absolute Gasteiger partial charge is 0.224 e. The third kappa shape index (κ3) is 2.99. The van der Waals surface area contributed by atoms with E-state index in [0.717, 1.165) is 0 Å². The van der Waals surface area contributed by atoms with Crippen molar-refractivity contribution in [2.45, 2.75) is 51.1 Å². The molecular formula is C10H20N2O. The van der Waals surface area contributed by atoms with Crippen molar-refractivity contribution >= 4 is 5.91 Å². The van der Waals surface area contributed by atoms with Crippen molar-refractivity contribution in [3.63, 3.8) is 0 Å². The van der Waals surface area contributed by atoms with Crippen molar-refractivity contribution in [3.8, 4) is 0 Å². The molecule has 1 amide bonds. The van der Waals surface area contributed by atoms with Gasteiger partial charge >= 0.3 is 0 Å². The highest BCUT2D eigenvalue weighted by Gasteiger charge is 2.23. The Balaban J connectivity index is 2.36. The zero-order chi connectivity index (χ0) is 9.84. The van der Waals surface area contributed by atoms with Crippen molar-refractivity contribution in [2.24, 2.45) is 5.73 Å². The fraction of sp³-hybridized carbons (Fsp3) is 0.900. The summed E-state index contributed by atoms with van der Waals surface area (Å²) in [4.78, 5) is 13.5. The molecule has 0 radical (unpaired) electrons. The molecule has 1 saturated carbocycles. The van der Waals surface area contributed by atoms with Crippen LogP contribution in [0.1, 0.15) is 39.0 Å². The summed E-state index contributed by atoms with van der Waals surface area (Å²) in [6, 6.07) is 0.461. The molecule has 1 aliphatic rings. The third-order valence-electron chi connectivity index (χ3n) is 2.76. The Kier molecular flexibility index (Phi) is 3.72. The number of carbonyl (C=O) groups excluding carboxylic acids is 1. The van der Waals surface area contributed by atoms with Crippen LogP contribution in [0, 0.1) is 0 Å². The fourth-order valence-electron chi connectivity index (χ4n) is 1.91. The largest absolute Gasteiger partial charge is 0.343 e. The number of amides is 1. The predicted octanol–water partition coefficient (Wildman–Crippen LogP) is 1.12. The van der Waals surface area contributed by atoms with Gasteiger partial charge in [-0.1, -0.05) is 12.8 Å². The van der Waals surface area contributed by atoms with E-state index < -0.39 is 0 Å². The molecule has 0 spiro atoms. The van der Waals surface area contributed by atoms with Gasteiger partial charge in [0.1, 0.15) is 0 Å². The average molecular weight is 184 g/mol. The van der Waals surface area contributed by atoms with Crippen molar-refractivity contribution in [3.05, 3.63) is 0 Å². The molecule has 0 saturated heterocycles. The Labute approximate surface area is 80.3 Å². The zero-order valence-corrected chi connectivity index (χ0v) is 8.62. The summed E-state index contributed by atoms with van der Waals surface area (Å²) in [7, 11) is 1.90. The van der Waals surface area contributed by atoms with Crippen molar-refractivity contribution < 1.29 is 4.79 Å². The maximum atomic E-state index is 11.6. The zero-order valence-electron chi connectivity index (χ0n) is 8.62. The minimum atomic E-state index is -0.0173. The van der Waals surface area contributed by atoms with Crippen LogP contribution in [0.15, 0.2) is 0 Å². The molecule has 13 heavy (non-hydrogen) atoms. The first kappa shape index (κ1) is 10.5. The summed E-state index contributed by atoms with van der Waals surface area (Å²) in [5.74, 6) is 0.196. The maximum Gasteiger partial charge on any atom is 0.224 e. The van der Waals surface area contributed by atoms with E-state index in [9.17, 15) is 4.79 Å². The lowest BCUT2D eigenvalue weighted by Crippen LogP contribution is -2.37. The van der Waals surface area contributed by atoms with Crippen LogP contribution in [0.5, 0.6) is 0 Å². The van der Waals surface area contributed by atoms with Crippen molar-refractivity contribution in [1.82, 2.24) is 4.90 Å². The Hall–Kier alpha value is -0.570. The van der Waals surface area contributed by atoms with Crippen LogP contribution in [0.4, 0.5) is 0 Å². The van der Waals surface area contributed by atoms with Gasteiger partial charge in [-0.15, -0.1) is 0 Å². The van der Waals surface area contributed by atoms with Gasteiger partial charge in [-0.25, -0.2) is 0 Å². The number of hydrogen-bond donors (Lipinski definition) is 1. The van der Waals surface area contributed by atoms with E-state index in [-0.39, 0.29) is 11.9 Å². The monoisotopic (exact) mass is 184 g/mol. The van der Waals surface area contributed by atoms with Crippen LogP contribution < -0.4 is 5.73 Å². The molecule has 2 N–H and O–H groups in total. The van der Waals surface area contributed by atoms with E-state index in [2.05, 4.69) is 0 Å². The lowest BCUT2D eigenvalue weighted by atomic mass is 10.2. The Morgan fingerprint density at radius 1 is 1.54 bits per heavy atom. The standard InChI is InChI=1S/C10H20N2O/c1-8(11)7-10(13)12(2)9-5-3-4-6-9/h8-9H,3-7,11H2,1-2H3. The SMILES string of the molecule is CC(N)CC(=O)N(C)C1CCCC1. The van der Waals surface area contributed by atoms with Crippen LogP contribution in [-0.2, 0) is 4.79 Å². The summed E-state index contributed by atoms with van der Waals surface area (Å²) in [6.45, 7) is 1.88. The lowest BCUT2D eigenvalue weighted by molar-refractivity contribution is -0.132. The summed E-state index contributed by atoms with van der Waals surface area (Å²) in [5.41, 5.74) is 5.58.